The molecule has 0 saturated heterocycles. The van der Waals surface area contributed by atoms with Gasteiger partial charge < -0.3 is 15.0 Å². The summed E-state index contributed by atoms with van der Waals surface area (Å²) in [6.07, 6.45) is 7.13. The lowest BCUT2D eigenvalue weighted by Gasteiger charge is -2.15. The molecule has 1 aromatic carbocycles. The van der Waals surface area contributed by atoms with Crippen LogP contribution in [0.1, 0.15) is 18.5 Å². The van der Waals surface area contributed by atoms with Gasteiger partial charge in [0.25, 0.3) is 0 Å². The molecule has 3 aromatic rings. The molecule has 6 nitrogen and oxygen atoms in total. The molecule has 1 fully saturated rings. The second-order valence-electron chi connectivity index (χ2n) is 6.74. The molecule has 2 N–H and O–H groups in total. The second-order valence-corrected chi connectivity index (χ2v) is 6.74. The molecule has 6 heteroatoms. The Balaban J connectivity index is 1.40. The van der Waals surface area contributed by atoms with Crippen molar-refractivity contribution in [2.75, 3.05) is 0 Å². The standard InChI is InChI=1S/C18H23N5O/c1-22-17-5-3-2-4-14(17)16(21-22)10-20-15-8-13(9-18(15)24)11-23-7-6-19-12-23/h2-7,12-13,15,18,20,24H,8-11H2,1H3/t13?,15-,18-/m1/s1. The number of nitrogens with one attached hydrogen (secondary N) is 1. The maximum absolute atomic E-state index is 10.4. The first kappa shape index (κ1) is 15.4. The maximum atomic E-state index is 10.4. The van der Waals surface area contributed by atoms with Crippen LogP contribution in [0.4, 0.5) is 0 Å². The highest BCUT2D eigenvalue weighted by atomic mass is 16.3. The second kappa shape index (κ2) is 6.37. The van der Waals surface area contributed by atoms with Crippen LogP contribution in [0.25, 0.3) is 10.9 Å². The van der Waals surface area contributed by atoms with Crippen molar-refractivity contribution in [1.29, 1.82) is 0 Å². The van der Waals surface area contributed by atoms with Crippen molar-refractivity contribution >= 4 is 10.9 Å². The Hall–Kier alpha value is -2.18. The molecule has 0 aliphatic heterocycles. The van der Waals surface area contributed by atoms with Crippen molar-refractivity contribution in [3.63, 3.8) is 0 Å². The maximum Gasteiger partial charge on any atom is 0.0945 e. The fraction of sp³-hybridized carbons (Fsp3) is 0.444. The summed E-state index contributed by atoms with van der Waals surface area (Å²) < 4.78 is 4.01. The number of aliphatic hydroxyl groups excluding tert-OH is 1. The molecule has 0 spiro atoms. The quantitative estimate of drug-likeness (QED) is 0.749. The molecular formula is C18H23N5O. The number of imidazole rings is 1. The summed E-state index contributed by atoms with van der Waals surface area (Å²) in [6.45, 7) is 1.60. The fourth-order valence-corrected chi connectivity index (χ4v) is 3.83. The minimum atomic E-state index is -0.298. The lowest BCUT2D eigenvalue weighted by molar-refractivity contribution is 0.145. The van der Waals surface area contributed by atoms with Gasteiger partial charge in [-0.2, -0.15) is 5.10 Å². The Kier molecular flexibility index (Phi) is 4.08. The topological polar surface area (TPSA) is 67.9 Å². The fourth-order valence-electron chi connectivity index (χ4n) is 3.83. The summed E-state index contributed by atoms with van der Waals surface area (Å²) in [6, 6.07) is 8.38. The van der Waals surface area contributed by atoms with Crippen LogP contribution in [0, 0.1) is 5.92 Å². The molecule has 126 valence electrons. The molecule has 1 saturated carbocycles. The largest absolute Gasteiger partial charge is 0.391 e. The summed E-state index contributed by atoms with van der Waals surface area (Å²) >= 11 is 0. The molecule has 4 rings (SSSR count). The van der Waals surface area contributed by atoms with E-state index in [1.165, 1.54) is 5.39 Å². The number of aryl methyl sites for hydroxylation is 1. The van der Waals surface area contributed by atoms with Crippen LogP contribution < -0.4 is 5.32 Å². The third kappa shape index (κ3) is 2.95. The molecule has 3 atom stereocenters. The Bertz CT molecular complexity index is 810. The van der Waals surface area contributed by atoms with Gasteiger partial charge in [-0.05, 0) is 24.8 Å². The van der Waals surface area contributed by atoms with Gasteiger partial charge in [0.1, 0.15) is 0 Å². The van der Waals surface area contributed by atoms with E-state index in [2.05, 4.69) is 32.1 Å². The van der Waals surface area contributed by atoms with E-state index in [1.54, 1.807) is 6.20 Å². The van der Waals surface area contributed by atoms with Crippen molar-refractivity contribution in [1.82, 2.24) is 24.6 Å². The van der Waals surface area contributed by atoms with Gasteiger partial charge in [0.2, 0.25) is 0 Å². The van der Waals surface area contributed by atoms with E-state index in [1.807, 2.05) is 36.4 Å². The van der Waals surface area contributed by atoms with Crippen molar-refractivity contribution < 1.29 is 5.11 Å². The van der Waals surface area contributed by atoms with Gasteiger partial charge in [-0.15, -0.1) is 0 Å². The van der Waals surface area contributed by atoms with Crippen LogP contribution >= 0.6 is 0 Å². The Labute approximate surface area is 141 Å². The number of aromatic nitrogens is 4. The van der Waals surface area contributed by atoms with Gasteiger partial charge in [-0.25, -0.2) is 4.98 Å². The molecule has 0 bridgehead atoms. The van der Waals surface area contributed by atoms with E-state index < -0.39 is 0 Å². The first-order valence-electron chi connectivity index (χ1n) is 8.48. The molecule has 2 heterocycles. The highest BCUT2D eigenvalue weighted by Gasteiger charge is 2.32. The third-order valence-electron chi connectivity index (χ3n) is 5.02. The predicted molar refractivity (Wildman–Crippen MR) is 92.3 cm³/mol. The number of rotatable bonds is 5. The van der Waals surface area contributed by atoms with Gasteiger partial charge in [-0.3, -0.25) is 4.68 Å². The van der Waals surface area contributed by atoms with Gasteiger partial charge in [0.15, 0.2) is 0 Å². The Morgan fingerprint density at radius 3 is 3.00 bits per heavy atom. The van der Waals surface area contributed by atoms with Crippen LogP contribution in [-0.4, -0.2) is 36.6 Å². The van der Waals surface area contributed by atoms with Crippen LogP contribution in [-0.2, 0) is 20.1 Å². The van der Waals surface area contributed by atoms with Gasteiger partial charge in [0.05, 0.1) is 23.6 Å². The minimum Gasteiger partial charge on any atom is -0.391 e. The number of hydrogen-bond donors (Lipinski definition) is 2. The van der Waals surface area contributed by atoms with Crippen LogP contribution in [0.15, 0.2) is 43.0 Å². The van der Waals surface area contributed by atoms with Crippen molar-refractivity contribution in [3.05, 3.63) is 48.7 Å². The predicted octanol–water partition coefficient (Wildman–Crippen LogP) is 1.70. The van der Waals surface area contributed by atoms with Crippen LogP contribution in [0.5, 0.6) is 0 Å². The number of fused-ring (bicyclic) bond motifs is 1. The average Bonchev–Trinajstić information content (AvgIpc) is 3.28. The summed E-state index contributed by atoms with van der Waals surface area (Å²) in [5.74, 6) is 0.479. The zero-order valence-corrected chi connectivity index (χ0v) is 13.8. The lowest BCUT2D eigenvalue weighted by atomic mass is 10.1. The van der Waals surface area contributed by atoms with Crippen molar-refractivity contribution in [2.24, 2.45) is 13.0 Å². The smallest absolute Gasteiger partial charge is 0.0945 e. The van der Waals surface area contributed by atoms with E-state index in [0.717, 1.165) is 30.6 Å². The first-order chi connectivity index (χ1) is 11.7. The number of para-hydroxylation sites is 1. The number of hydrogen-bond acceptors (Lipinski definition) is 4. The van der Waals surface area contributed by atoms with Gasteiger partial charge in [-0.1, -0.05) is 18.2 Å². The SMILES string of the molecule is Cn1nc(CN[C@@H]2CC(Cn3ccnc3)C[C@H]2O)c2ccccc21. The molecular weight excluding hydrogens is 302 g/mol. The summed E-state index contributed by atoms with van der Waals surface area (Å²) in [5, 5.41) is 19.7. The summed E-state index contributed by atoms with van der Waals surface area (Å²) in [5.41, 5.74) is 2.18. The number of nitrogens with zero attached hydrogens (tertiary/aromatic N) is 4. The van der Waals surface area contributed by atoms with E-state index >= 15 is 0 Å². The highest BCUT2D eigenvalue weighted by Crippen LogP contribution is 2.28. The van der Waals surface area contributed by atoms with Gasteiger partial charge in [0, 0.05) is 44.0 Å². The van der Waals surface area contributed by atoms with Crippen LogP contribution in [0.2, 0.25) is 0 Å². The molecule has 1 aliphatic rings. The molecule has 0 amide bonds. The molecule has 1 aliphatic carbocycles. The molecule has 0 radical (unpaired) electrons. The van der Waals surface area contributed by atoms with E-state index in [0.29, 0.717) is 12.5 Å². The number of benzene rings is 1. The lowest BCUT2D eigenvalue weighted by Crippen LogP contribution is -2.35. The van der Waals surface area contributed by atoms with Crippen LogP contribution in [0.3, 0.4) is 0 Å². The minimum absolute atomic E-state index is 0.124. The summed E-state index contributed by atoms with van der Waals surface area (Å²) in [4.78, 5) is 4.08. The molecule has 2 aromatic heterocycles. The highest BCUT2D eigenvalue weighted by molar-refractivity contribution is 5.81. The molecule has 1 unspecified atom stereocenters. The van der Waals surface area contributed by atoms with Crippen molar-refractivity contribution in [2.45, 2.75) is 38.1 Å². The van der Waals surface area contributed by atoms with E-state index in [-0.39, 0.29) is 12.1 Å². The van der Waals surface area contributed by atoms with E-state index in [9.17, 15) is 5.11 Å². The third-order valence-corrected chi connectivity index (χ3v) is 5.02. The molecule has 24 heavy (non-hydrogen) atoms. The first-order valence-corrected chi connectivity index (χ1v) is 8.48. The normalized spacial score (nSPS) is 24.0. The number of aliphatic hydroxyl groups is 1. The Morgan fingerprint density at radius 2 is 2.17 bits per heavy atom. The Morgan fingerprint density at radius 1 is 1.29 bits per heavy atom. The average molecular weight is 325 g/mol. The zero-order valence-electron chi connectivity index (χ0n) is 13.8. The zero-order chi connectivity index (χ0) is 16.5. The monoisotopic (exact) mass is 325 g/mol. The summed E-state index contributed by atoms with van der Waals surface area (Å²) in [7, 11) is 1.97. The van der Waals surface area contributed by atoms with Gasteiger partial charge >= 0.3 is 0 Å². The van der Waals surface area contributed by atoms with E-state index in [4.69, 9.17) is 0 Å². The van der Waals surface area contributed by atoms with Crippen molar-refractivity contribution in [3.8, 4) is 0 Å².